The Kier molecular flexibility index (Phi) is 9.26. The standard InChI is InChI=1S/C43H40F2N2O6/c1-46-15-13-27-8-11-33-24-34(27)35(46)17-25-5-9-32(10-6-25)51-38-19-26(7-12-37(38)49-3)18-36-40-28(14-16-47(36)2)22-39(50-4)41(42(40)52-33)53-43(48)29-20-30(44)23-31(45)21-29/h5-12,19-24,35-36H,13-18H2,1-4H3/t35-,36-/m0/s1. The van der Waals surface area contributed by atoms with Crippen molar-refractivity contribution < 1.29 is 37.3 Å². The highest BCUT2D eigenvalue weighted by Crippen LogP contribution is 2.51. The Morgan fingerprint density at radius 2 is 1.36 bits per heavy atom. The predicted molar refractivity (Wildman–Crippen MR) is 196 cm³/mol. The van der Waals surface area contributed by atoms with Crippen molar-refractivity contribution in [1.29, 1.82) is 0 Å². The predicted octanol–water partition coefficient (Wildman–Crippen LogP) is 8.64. The average molecular weight is 719 g/mol. The number of esters is 1. The van der Waals surface area contributed by atoms with Crippen LogP contribution in [0, 0.1) is 11.6 Å². The van der Waals surface area contributed by atoms with Crippen molar-refractivity contribution in [1.82, 2.24) is 9.80 Å². The summed E-state index contributed by atoms with van der Waals surface area (Å²) in [5.74, 6) is 0.352. The molecule has 5 aromatic rings. The summed E-state index contributed by atoms with van der Waals surface area (Å²) in [6.07, 6.45) is 2.89. The molecule has 4 aliphatic rings. The van der Waals surface area contributed by atoms with Gasteiger partial charge in [-0.25, -0.2) is 13.6 Å². The minimum absolute atomic E-state index is 0.0281. The van der Waals surface area contributed by atoms with Crippen LogP contribution in [0.2, 0.25) is 0 Å². The smallest absolute Gasteiger partial charge is 0.344 e. The third-order valence-electron chi connectivity index (χ3n) is 10.6. The average Bonchev–Trinajstić information content (AvgIpc) is 3.14. The number of fused-ring (bicyclic) bond motifs is 2. The molecular weight excluding hydrogens is 678 g/mol. The maximum Gasteiger partial charge on any atom is 0.344 e. The van der Waals surface area contributed by atoms with Gasteiger partial charge in [-0.1, -0.05) is 24.3 Å². The van der Waals surface area contributed by atoms with Crippen LogP contribution < -0.4 is 23.7 Å². The largest absolute Gasteiger partial charge is 0.493 e. The van der Waals surface area contributed by atoms with Crippen molar-refractivity contribution >= 4 is 5.97 Å². The summed E-state index contributed by atoms with van der Waals surface area (Å²) in [5.41, 5.74) is 6.06. The first-order chi connectivity index (χ1) is 25.7. The van der Waals surface area contributed by atoms with E-state index in [0.29, 0.717) is 47.7 Å². The molecule has 4 heterocycles. The molecule has 0 radical (unpaired) electrons. The lowest BCUT2D eigenvalue weighted by molar-refractivity contribution is 0.0723. The number of methoxy groups -OCH3 is 2. The second-order valence-corrected chi connectivity index (χ2v) is 14.0. The van der Waals surface area contributed by atoms with Gasteiger partial charge in [-0.3, -0.25) is 9.80 Å². The summed E-state index contributed by atoms with van der Waals surface area (Å²) in [6.45, 7) is 1.66. The number of hydrogen-bond acceptors (Lipinski definition) is 8. The van der Waals surface area contributed by atoms with Gasteiger partial charge in [0, 0.05) is 36.8 Å². The molecule has 0 aliphatic carbocycles. The van der Waals surface area contributed by atoms with Gasteiger partial charge in [0.1, 0.15) is 23.1 Å². The first-order valence-corrected chi connectivity index (χ1v) is 17.7. The van der Waals surface area contributed by atoms with Gasteiger partial charge in [0.05, 0.1) is 19.8 Å². The van der Waals surface area contributed by atoms with Crippen LogP contribution >= 0.6 is 0 Å². The molecule has 0 fully saturated rings. The quantitative estimate of drug-likeness (QED) is 0.135. The van der Waals surface area contributed by atoms with E-state index in [2.05, 4.69) is 48.2 Å². The zero-order valence-electron chi connectivity index (χ0n) is 30.1. The van der Waals surface area contributed by atoms with E-state index in [1.54, 1.807) is 7.11 Å². The number of likely N-dealkylation sites (N-methyl/N-ethyl adjacent to an activating group) is 2. The van der Waals surface area contributed by atoms with Gasteiger partial charge in [0.25, 0.3) is 0 Å². The Morgan fingerprint density at radius 3 is 2.09 bits per heavy atom. The molecule has 2 atom stereocenters. The van der Waals surface area contributed by atoms with Crippen molar-refractivity contribution in [3.8, 4) is 40.2 Å². The van der Waals surface area contributed by atoms with Crippen LogP contribution in [-0.4, -0.2) is 57.2 Å². The zero-order chi connectivity index (χ0) is 36.8. The summed E-state index contributed by atoms with van der Waals surface area (Å²) < 4.78 is 59.5. The van der Waals surface area contributed by atoms with Crippen LogP contribution in [-0.2, 0) is 25.7 Å². The van der Waals surface area contributed by atoms with Gasteiger partial charge in [0.2, 0.25) is 5.75 Å². The fourth-order valence-corrected chi connectivity index (χ4v) is 7.80. The number of carbonyl (C=O) groups excluding carboxylic acids is 1. The van der Waals surface area contributed by atoms with E-state index in [0.717, 1.165) is 65.9 Å². The molecule has 4 aliphatic heterocycles. The fraction of sp³-hybridized carbons (Fsp3) is 0.279. The monoisotopic (exact) mass is 718 g/mol. The zero-order valence-corrected chi connectivity index (χ0v) is 30.1. The minimum Gasteiger partial charge on any atom is -0.493 e. The maximum absolute atomic E-state index is 14.3. The van der Waals surface area contributed by atoms with E-state index >= 15 is 0 Å². The van der Waals surface area contributed by atoms with Crippen molar-refractivity contribution in [3.63, 3.8) is 0 Å². The van der Waals surface area contributed by atoms with Crippen LogP contribution in [0.15, 0.2) is 84.9 Å². The number of nitrogens with zero attached hydrogens (tertiary/aromatic N) is 2. The summed E-state index contributed by atoms with van der Waals surface area (Å²) in [5, 5.41) is 0. The van der Waals surface area contributed by atoms with Crippen LogP contribution in [0.5, 0.6) is 40.2 Å². The normalized spacial score (nSPS) is 18.2. The Labute approximate surface area is 307 Å². The van der Waals surface area contributed by atoms with Gasteiger partial charge < -0.3 is 23.7 Å². The van der Waals surface area contributed by atoms with Gasteiger partial charge >= 0.3 is 5.97 Å². The highest BCUT2D eigenvalue weighted by molar-refractivity contribution is 5.92. The Hall–Kier alpha value is -5.45. The highest BCUT2D eigenvalue weighted by atomic mass is 19.1. The fourth-order valence-electron chi connectivity index (χ4n) is 7.80. The molecule has 6 bridgehead atoms. The molecule has 0 saturated heterocycles. The number of benzene rings is 5. The first kappa shape index (κ1) is 34.6. The van der Waals surface area contributed by atoms with Crippen molar-refractivity contribution in [2.75, 3.05) is 41.4 Å². The van der Waals surface area contributed by atoms with Crippen molar-refractivity contribution in [2.45, 2.75) is 37.8 Å². The molecule has 0 spiro atoms. The molecule has 272 valence electrons. The molecule has 0 amide bonds. The number of carbonyl (C=O) groups is 1. The molecular formula is C43H40F2N2O6. The van der Waals surface area contributed by atoms with Crippen LogP contribution in [0.25, 0.3) is 0 Å². The van der Waals surface area contributed by atoms with Crippen molar-refractivity contribution in [2.24, 2.45) is 0 Å². The first-order valence-electron chi connectivity index (χ1n) is 17.7. The van der Waals surface area contributed by atoms with E-state index in [9.17, 15) is 13.6 Å². The number of hydrogen-bond donors (Lipinski definition) is 0. The number of ether oxygens (including phenoxy) is 5. The lowest BCUT2D eigenvalue weighted by Gasteiger charge is -2.37. The van der Waals surface area contributed by atoms with Gasteiger partial charge in [-0.2, -0.15) is 0 Å². The van der Waals surface area contributed by atoms with Gasteiger partial charge in [0.15, 0.2) is 23.0 Å². The Morgan fingerprint density at radius 1 is 0.698 bits per heavy atom. The third kappa shape index (κ3) is 6.80. The highest BCUT2D eigenvalue weighted by Gasteiger charge is 2.35. The topological polar surface area (TPSA) is 69.7 Å². The van der Waals surface area contributed by atoms with E-state index in [-0.39, 0.29) is 29.1 Å². The van der Waals surface area contributed by atoms with Crippen LogP contribution in [0.3, 0.4) is 0 Å². The lowest BCUT2D eigenvalue weighted by atomic mass is 9.87. The van der Waals surface area contributed by atoms with Crippen molar-refractivity contribution in [3.05, 3.63) is 136 Å². The molecule has 53 heavy (non-hydrogen) atoms. The summed E-state index contributed by atoms with van der Waals surface area (Å²) in [4.78, 5) is 18.2. The summed E-state index contributed by atoms with van der Waals surface area (Å²) >= 11 is 0. The summed E-state index contributed by atoms with van der Waals surface area (Å²) in [6, 6.07) is 24.5. The third-order valence-corrected chi connectivity index (χ3v) is 10.6. The Bertz CT molecular complexity index is 2190. The number of rotatable bonds is 4. The second-order valence-electron chi connectivity index (χ2n) is 14.0. The van der Waals surface area contributed by atoms with E-state index in [1.165, 1.54) is 12.7 Å². The molecule has 0 aromatic heterocycles. The maximum atomic E-state index is 14.3. The molecule has 0 saturated carbocycles. The molecule has 0 N–H and O–H groups in total. The van der Waals surface area contributed by atoms with E-state index in [4.69, 9.17) is 23.7 Å². The lowest BCUT2D eigenvalue weighted by Crippen LogP contribution is -2.34. The SMILES string of the molecule is COc1ccc2cc1Oc1ccc(cc1)C[C@H]1c3cc(ccc3CCN1C)Oc1c(OC(=O)c3cc(F)cc(F)c3)c(OC)cc3c1[C@H](C2)N(C)CC3. The molecule has 10 heteroatoms. The Balaban J connectivity index is 1.33. The van der Waals surface area contributed by atoms with E-state index in [1.807, 2.05) is 42.5 Å². The van der Waals surface area contributed by atoms with Crippen LogP contribution in [0.4, 0.5) is 8.78 Å². The molecule has 0 unspecified atom stereocenters. The molecule has 9 rings (SSSR count). The summed E-state index contributed by atoms with van der Waals surface area (Å²) in [7, 11) is 7.30. The van der Waals surface area contributed by atoms with Gasteiger partial charge in [-0.15, -0.1) is 0 Å². The van der Waals surface area contributed by atoms with E-state index < -0.39 is 17.6 Å². The van der Waals surface area contributed by atoms with Gasteiger partial charge in [-0.05, 0) is 122 Å². The number of halogens is 2. The molecule has 5 aromatic carbocycles. The minimum atomic E-state index is -0.948. The van der Waals surface area contributed by atoms with Crippen LogP contribution in [0.1, 0.15) is 55.8 Å². The molecule has 8 nitrogen and oxygen atoms in total. The second kappa shape index (κ2) is 14.2.